The van der Waals surface area contributed by atoms with Gasteiger partial charge in [-0.3, -0.25) is 9.59 Å². The Bertz CT molecular complexity index is 331. The van der Waals surface area contributed by atoms with Gasteiger partial charge in [-0.25, -0.2) is 0 Å². The molecule has 0 radical (unpaired) electrons. The highest BCUT2D eigenvalue weighted by Crippen LogP contribution is 2.20. The molecule has 2 fully saturated rings. The molecule has 2 amide bonds. The average Bonchev–Trinajstić information content (AvgIpc) is 3.20. The predicted molar refractivity (Wildman–Crippen MR) is 65.8 cm³/mol. The predicted octanol–water partition coefficient (Wildman–Crippen LogP) is -0.770. The number of morpholine rings is 1. The number of amides is 2. The number of rotatable bonds is 4. The summed E-state index contributed by atoms with van der Waals surface area (Å²) in [6.07, 6.45) is 2.64. The zero-order chi connectivity index (χ0) is 13.1. The van der Waals surface area contributed by atoms with E-state index in [0.717, 1.165) is 12.8 Å². The zero-order valence-corrected chi connectivity index (χ0v) is 10.7. The number of carbonyl (C=O) groups excluding carboxylic acids is 2. The molecule has 0 spiro atoms. The SMILES string of the molecule is CC[C@@H](N)C(=O)N1CCOCC1C(=O)NC1CC1. The van der Waals surface area contributed by atoms with Crippen molar-refractivity contribution < 1.29 is 14.3 Å². The highest BCUT2D eigenvalue weighted by atomic mass is 16.5. The molecule has 2 atom stereocenters. The Hall–Kier alpha value is -1.14. The summed E-state index contributed by atoms with van der Waals surface area (Å²) in [4.78, 5) is 25.7. The normalized spacial score (nSPS) is 25.7. The second-order valence-corrected chi connectivity index (χ2v) is 4.92. The molecule has 0 aromatic heterocycles. The first-order valence-corrected chi connectivity index (χ1v) is 6.57. The number of hydrogen-bond acceptors (Lipinski definition) is 4. The zero-order valence-electron chi connectivity index (χ0n) is 10.7. The molecule has 6 nitrogen and oxygen atoms in total. The fourth-order valence-electron chi connectivity index (χ4n) is 2.00. The second-order valence-electron chi connectivity index (χ2n) is 4.92. The number of carbonyl (C=O) groups is 2. The van der Waals surface area contributed by atoms with Gasteiger partial charge in [0.25, 0.3) is 0 Å². The first-order valence-electron chi connectivity index (χ1n) is 6.57. The van der Waals surface area contributed by atoms with Gasteiger partial charge in [-0.05, 0) is 19.3 Å². The van der Waals surface area contributed by atoms with E-state index in [9.17, 15) is 9.59 Å². The fraction of sp³-hybridized carbons (Fsp3) is 0.833. The summed E-state index contributed by atoms with van der Waals surface area (Å²) in [7, 11) is 0. The molecule has 1 aliphatic carbocycles. The van der Waals surface area contributed by atoms with E-state index in [0.29, 0.717) is 19.6 Å². The second kappa shape index (κ2) is 5.67. The summed E-state index contributed by atoms with van der Waals surface area (Å²) < 4.78 is 5.30. The maximum atomic E-state index is 12.1. The lowest BCUT2D eigenvalue weighted by molar-refractivity contribution is -0.149. The standard InChI is InChI=1S/C12H21N3O3/c1-2-9(13)12(17)15-5-6-18-7-10(15)11(16)14-8-3-4-8/h8-10H,2-7,13H2,1H3,(H,14,16)/t9-,10?/m1/s1. The van der Waals surface area contributed by atoms with Gasteiger partial charge in [0.05, 0.1) is 19.3 Å². The molecule has 102 valence electrons. The van der Waals surface area contributed by atoms with Gasteiger partial charge in [0.15, 0.2) is 0 Å². The molecule has 18 heavy (non-hydrogen) atoms. The van der Waals surface area contributed by atoms with Crippen molar-refractivity contribution in [2.45, 2.75) is 44.3 Å². The Morgan fingerprint density at radius 2 is 2.22 bits per heavy atom. The molecule has 2 aliphatic rings. The van der Waals surface area contributed by atoms with Crippen molar-refractivity contribution >= 4 is 11.8 Å². The Balaban J connectivity index is 1.99. The molecule has 1 saturated carbocycles. The van der Waals surface area contributed by atoms with E-state index in [1.165, 1.54) is 0 Å². The van der Waals surface area contributed by atoms with E-state index in [2.05, 4.69) is 5.32 Å². The minimum absolute atomic E-state index is 0.117. The number of ether oxygens (including phenoxy) is 1. The monoisotopic (exact) mass is 255 g/mol. The third-order valence-electron chi connectivity index (χ3n) is 3.39. The van der Waals surface area contributed by atoms with E-state index in [4.69, 9.17) is 10.5 Å². The van der Waals surface area contributed by atoms with Crippen molar-refractivity contribution in [3.05, 3.63) is 0 Å². The van der Waals surface area contributed by atoms with Gasteiger partial charge >= 0.3 is 0 Å². The Kier molecular flexibility index (Phi) is 4.19. The van der Waals surface area contributed by atoms with Gasteiger partial charge in [0.1, 0.15) is 6.04 Å². The molecule has 1 saturated heterocycles. The first kappa shape index (κ1) is 13.3. The minimum Gasteiger partial charge on any atom is -0.377 e. The van der Waals surface area contributed by atoms with Crippen molar-refractivity contribution in [2.24, 2.45) is 5.73 Å². The Morgan fingerprint density at radius 3 is 2.83 bits per heavy atom. The van der Waals surface area contributed by atoms with Crippen LogP contribution in [0.2, 0.25) is 0 Å². The highest BCUT2D eigenvalue weighted by molar-refractivity contribution is 5.90. The number of nitrogens with zero attached hydrogens (tertiary/aromatic N) is 1. The van der Waals surface area contributed by atoms with Crippen LogP contribution >= 0.6 is 0 Å². The summed E-state index contributed by atoms with van der Waals surface area (Å²) in [5, 5.41) is 2.91. The van der Waals surface area contributed by atoms with Crippen LogP contribution in [0.1, 0.15) is 26.2 Å². The number of nitrogens with one attached hydrogen (secondary N) is 1. The summed E-state index contributed by atoms with van der Waals surface area (Å²) in [5.41, 5.74) is 5.76. The van der Waals surface area contributed by atoms with Crippen LogP contribution in [-0.2, 0) is 14.3 Å². The fourth-order valence-corrected chi connectivity index (χ4v) is 2.00. The molecule has 0 aromatic rings. The molecule has 1 aliphatic heterocycles. The van der Waals surface area contributed by atoms with Gasteiger partial charge in [0.2, 0.25) is 11.8 Å². The molecule has 3 N–H and O–H groups in total. The molecular weight excluding hydrogens is 234 g/mol. The number of hydrogen-bond donors (Lipinski definition) is 2. The lowest BCUT2D eigenvalue weighted by Crippen LogP contribution is -2.59. The Morgan fingerprint density at radius 1 is 1.50 bits per heavy atom. The first-order chi connectivity index (χ1) is 8.63. The summed E-state index contributed by atoms with van der Waals surface area (Å²) >= 11 is 0. The molecule has 0 bridgehead atoms. The quantitative estimate of drug-likeness (QED) is 0.691. The van der Waals surface area contributed by atoms with Gasteiger partial charge in [-0.1, -0.05) is 6.92 Å². The third kappa shape index (κ3) is 3.00. The summed E-state index contributed by atoms with van der Waals surface area (Å²) in [6.45, 7) is 3.04. The lowest BCUT2D eigenvalue weighted by Gasteiger charge is -2.35. The summed E-state index contributed by atoms with van der Waals surface area (Å²) in [5.74, 6) is -0.273. The molecule has 2 rings (SSSR count). The van der Waals surface area contributed by atoms with Crippen LogP contribution in [0.5, 0.6) is 0 Å². The van der Waals surface area contributed by atoms with Crippen molar-refractivity contribution in [3.8, 4) is 0 Å². The van der Waals surface area contributed by atoms with Crippen molar-refractivity contribution in [1.29, 1.82) is 0 Å². The van der Waals surface area contributed by atoms with Crippen LogP contribution < -0.4 is 11.1 Å². The third-order valence-corrected chi connectivity index (χ3v) is 3.39. The van der Waals surface area contributed by atoms with Gasteiger partial charge in [0, 0.05) is 12.6 Å². The van der Waals surface area contributed by atoms with Gasteiger partial charge < -0.3 is 20.7 Å². The summed E-state index contributed by atoms with van der Waals surface area (Å²) in [6, 6.07) is -0.764. The molecule has 6 heteroatoms. The topological polar surface area (TPSA) is 84.7 Å². The van der Waals surface area contributed by atoms with Crippen LogP contribution in [0, 0.1) is 0 Å². The van der Waals surface area contributed by atoms with Gasteiger partial charge in [-0.2, -0.15) is 0 Å². The minimum atomic E-state index is -0.528. The van der Waals surface area contributed by atoms with Gasteiger partial charge in [-0.15, -0.1) is 0 Å². The van der Waals surface area contributed by atoms with E-state index < -0.39 is 12.1 Å². The molecule has 0 aromatic carbocycles. The van der Waals surface area contributed by atoms with E-state index in [1.54, 1.807) is 4.90 Å². The highest BCUT2D eigenvalue weighted by Gasteiger charge is 2.36. The van der Waals surface area contributed by atoms with Crippen LogP contribution in [0.4, 0.5) is 0 Å². The largest absolute Gasteiger partial charge is 0.377 e. The van der Waals surface area contributed by atoms with E-state index in [1.807, 2.05) is 6.92 Å². The Labute approximate surface area is 107 Å². The maximum Gasteiger partial charge on any atom is 0.245 e. The number of nitrogens with two attached hydrogens (primary N) is 1. The molecule has 1 heterocycles. The van der Waals surface area contributed by atoms with Crippen molar-refractivity contribution in [3.63, 3.8) is 0 Å². The van der Waals surface area contributed by atoms with E-state index >= 15 is 0 Å². The average molecular weight is 255 g/mol. The van der Waals surface area contributed by atoms with Crippen LogP contribution in [0.3, 0.4) is 0 Å². The van der Waals surface area contributed by atoms with Crippen LogP contribution in [0.15, 0.2) is 0 Å². The smallest absolute Gasteiger partial charge is 0.245 e. The van der Waals surface area contributed by atoms with Crippen molar-refractivity contribution in [1.82, 2.24) is 10.2 Å². The van der Waals surface area contributed by atoms with Crippen molar-refractivity contribution in [2.75, 3.05) is 19.8 Å². The van der Waals surface area contributed by atoms with Crippen LogP contribution in [0.25, 0.3) is 0 Å². The lowest BCUT2D eigenvalue weighted by atomic mass is 10.1. The molecule has 1 unspecified atom stereocenters. The van der Waals surface area contributed by atoms with E-state index in [-0.39, 0.29) is 24.5 Å². The molecular formula is C12H21N3O3. The maximum absolute atomic E-state index is 12.1. The van der Waals surface area contributed by atoms with Crippen LogP contribution in [-0.4, -0.2) is 54.6 Å².